The van der Waals surface area contributed by atoms with Crippen LogP contribution in [0.2, 0.25) is 0 Å². The summed E-state index contributed by atoms with van der Waals surface area (Å²) in [4.78, 5) is 1.26. The maximum Gasteiger partial charge on any atom is 0.144 e. The number of hydrogen-bond donors (Lipinski definition) is 2. The molecule has 0 aliphatic heterocycles. The van der Waals surface area contributed by atoms with Crippen LogP contribution in [0.15, 0.2) is 34.1 Å². The number of para-hydroxylation sites is 1. The number of ether oxygens (including phenoxy) is 1. The summed E-state index contributed by atoms with van der Waals surface area (Å²) in [6, 6.07) is 9.96. The lowest BCUT2D eigenvalue weighted by molar-refractivity contribution is 0.319. The van der Waals surface area contributed by atoms with E-state index in [1.807, 2.05) is 24.3 Å². The van der Waals surface area contributed by atoms with Gasteiger partial charge in [0.1, 0.15) is 5.75 Å². The van der Waals surface area contributed by atoms with Gasteiger partial charge in [-0.05, 0) is 46.6 Å². The number of hydrogen-bond acceptors (Lipinski definition) is 4. The SMILES string of the molecule is CCCOc1cccc(NCc2ccc(Br)s2)c1N. The first-order chi connectivity index (χ1) is 9.20. The van der Waals surface area contributed by atoms with Crippen LogP contribution in [0.5, 0.6) is 5.75 Å². The van der Waals surface area contributed by atoms with Crippen molar-refractivity contribution in [2.45, 2.75) is 19.9 Å². The van der Waals surface area contributed by atoms with Crippen molar-refractivity contribution in [3.63, 3.8) is 0 Å². The van der Waals surface area contributed by atoms with Gasteiger partial charge in [-0.15, -0.1) is 11.3 Å². The van der Waals surface area contributed by atoms with Crippen molar-refractivity contribution >= 4 is 38.6 Å². The van der Waals surface area contributed by atoms with Crippen LogP contribution in [0.25, 0.3) is 0 Å². The molecule has 1 aromatic heterocycles. The van der Waals surface area contributed by atoms with Gasteiger partial charge in [-0.3, -0.25) is 0 Å². The second-order valence-electron chi connectivity index (χ2n) is 4.13. The van der Waals surface area contributed by atoms with Crippen molar-refractivity contribution in [1.29, 1.82) is 0 Å². The van der Waals surface area contributed by atoms with Gasteiger partial charge in [0.05, 0.1) is 21.8 Å². The van der Waals surface area contributed by atoms with Crippen molar-refractivity contribution in [2.75, 3.05) is 17.7 Å². The van der Waals surface area contributed by atoms with Crippen LogP contribution in [-0.2, 0) is 6.54 Å². The molecule has 0 fully saturated rings. The Hall–Kier alpha value is -1.20. The van der Waals surface area contributed by atoms with E-state index in [1.165, 1.54) is 4.88 Å². The van der Waals surface area contributed by atoms with Gasteiger partial charge in [0.25, 0.3) is 0 Å². The average molecular weight is 341 g/mol. The fourth-order valence-electron chi connectivity index (χ4n) is 1.67. The molecule has 1 aromatic carbocycles. The Morgan fingerprint density at radius 1 is 1.32 bits per heavy atom. The van der Waals surface area contributed by atoms with Gasteiger partial charge < -0.3 is 15.8 Å². The minimum atomic E-state index is 0.673. The van der Waals surface area contributed by atoms with Gasteiger partial charge in [-0.2, -0.15) is 0 Å². The van der Waals surface area contributed by atoms with E-state index >= 15 is 0 Å². The third-order valence-corrected chi connectivity index (χ3v) is 4.23. The molecular weight excluding hydrogens is 324 g/mol. The lowest BCUT2D eigenvalue weighted by Gasteiger charge is -2.13. The minimum absolute atomic E-state index is 0.673. The highest BCUT2D eigenvalue weighted by Gasteiger charge is 2.06. The molecule has 0 saturated carbocycles. The molecule has 2 rings (SSSR count). The van der Waals surface area contributed by atoms with Crippen molar-refractivity contribution in [3.8, 4) is 5.75 Å². The maximum absolute atomic E-state index is 6.10. The molecule has 0 radical (unpaired) electrons. The van der Waals surface area contributed by atoms with Crippen LogP contribution in [0.1, 0.15) is 18.2 Å². The van der Waals surface area contributed by atoms with Gasteiger partial charge in [0, 0.05) is 11.4 Å². The Labute approximate surface area is 125 Å². The van der Waals surface area contributed by atoms with Gasteiger partial charge >= 0.3 is 0 Å². The third-order valence-electron chi connectivity index (χ3n) is 2.61. The number of halogens is 1. The lowest BCUT2D eigenvalue weighted by atomic mass is 10.2. The summed E-state index contributed by atoms with van der Waals surface area (Å²) in [5.41, 5.74) is 7.69. The molecule has 0 bridgehead atoms. The van der Waals surface area contributed by atoms with Crippen molar-refractivity contribution in [3.05, 3.63) is 39.0 Å². The number of nitrogen functional groups attached to an aromatic ring is 1. The molecule has 0 saturated heterocycles. The largest absolute Gasteiger partial charge is 0.491 e. The molecule has 19 heavy (non-hydrogen) atoms. The zero-order valence-corrected chi connectivity index (χ0v) is 13.2. The summed E-state index contributed by atoms with van der Waals surface area (Å²) in [5.74, 6) is 0.749. The van der Waals surface area contributed by atoms with E-state index in [-0.39, 0.29) is 0 Å². The Kier molecular flexibility index (Phi) is 5.10. The normalized spacial score (nSPS) is 10.4. The van der Waals surface area contributed by atoms with Crippen molar-refractivity contribution in [1.82, 2.24) is 0 Å². The molecule has 5 heteroatoms. The summed E-state index contributed by atoms with van der Waals surface area (Å²) >= 11 is 5.17. The Morgan fingerprint density at radius 3 is 2.84 bits per heavy atom. The minimum Gasteiger partial charge on any atom is -0.491 e. The molecule has 3 N–H and O–H groups in total. The molecule has 0 aliphatic carbocycles. The van der Waals surface area contributed by atoms with Crippen molar-refractivity contribution in [2.24, 2.45) is 0 Å². The van der Waals surface area contributed by atoms with Crippen LogP contribution in [0, 0.1) is 0 Å². The standard InChI is InChI=1S/C14H17BrN2OS/c1-2-8-18-12-5-3-4-11(14(12)16)17-9-10-6-7-13(15)19-10/h3-7,17H,2,8-9,16H2,1H3. The number of thiophene rings is 1. The zero-order valence-electron chi connectivity index (χ0n) is 10.8. The molecule has 0 aliphatic rings. The van der Waals surface area contributed by atoms with Gasteiger partial charge in [-0.1, -0.05) is 13.0 Å². The molecule has 0 atom stereocenters. The topological polar surface area (TPSA) is 47.3 Å². The number of anilines is 2. The fourth-order valence-corrected chi connectivity index (χ4v) is 3.09. The third kappa shape index (κ3) is 3.88. The summed E-state index contributed by atoms with van der Waals surface area (Å²) in [6.07, 6.45) is 0.973. The zero-order chi connectivity index (χ0) is 13.7. The molecule has 0 amide bonds. The monoisotopic (exact) mass is 340 g/mol. The van der Waals surface area contributed by atoms with Gasteiger partial charge in [0.2, 0.25) is 0 Å². The highest BCUT2D eigenvalue weighted by Crippen LogP contribution is 2.30. The van der Waals surface area contributed by atoms with Crippen LogP contribution in [-0.4, -0.2) is 6.61 Å². The van der Waals surface area contributed by atoms with Crippen molar-refractivity contribution < 1.29 is 4.74 Å². The summed E-state index contributed by atoms with van der Waals surface area (Å²) in [7, 11) is 0. The maximum atomic E-state index is 6.10. The Morgan fingerprint density at radius 2 is 2.16 bits per heavy atom. The molecule has 1 heterocycles. The molecule has 3 nitrogen and oxygen atoms in total. The molecule has 0 spiro atoms. The summed E-state index contributed by atoms with van der Waals surface area (Å²) in [6.45, 7) is 3.52. The lowest BCUT2D eigenvalue weighted by Crippen LogP contribution is -2.04. The predicted molar refractivity (Wildman–Crippen MR) is 86.0 cm³/mol. The first-order valence-electron chi connectivity index (χ1n) is 6.20. The van der Waals surface area contributed by atoms with E-state index in [1.54, 1.807) is 11.3 Å². The summed E-state index contributed by atoms with van der Waals surface area (Å²) < 4.78 is 6.75. The molecule has 0 unspecified atom stereocenters. The van der Waals surface area contributed by atoms with E-state index in [4.69, 9.17) is 10.5 Å². The fraction of sp³-hybridized carbons (Fsp3) is 0.286. The highest BCUT2D eigenvalue weighted by atomic mass is 79.9. The first-order valence-corrected chi connectivity index (χ1v) is 7.81. The molecule has 102 valence electrons. The number of nitrogens with one attached hydrogen (secondary N) is 1. The van der Waals surface area contributed by atoms with Gasteiger partial charge in [-0.25, -0.2) is 0 Å². The average Bonchev–Trinajstić information content (AvgIpc) is 2.82. The van der Waals surface area contributed by atoms with Crippen LogP contribution < -0.4 is 15.8 Å². The quantitative estimate of drug-likeness (QED) is 0.761. The Bertz CT molecular complexity index is 542. The van der Waals surface area contributed by atoms with Crippen LogP contribution >= 0.6 is 27.3 Å². The van der Waals surface area contributed by atoms with E-state index in [0.717, 1.165) is 28.2 Å². The predicted octanol–water partition coefficient (Wildman–Crippen LogP) is 4.49. The second-order valence-corrected chi connectivity index (χ2v) is 6.67. The van der Waals surface area contributed by atoms with Crippen LogP contribution in [0.4, 0.5) is 11.4 Å². The first kappa shape index (κ1) is 14.2. The Balaban J connectivity index is 2.03. The smallest absolute Gasteiger partial charge is 0.144 e. The van der Waals surface area contributed by atoms with Gasteiger partial charge in [0.15, 0.2) is 0 Å². The number of rotatable bonds is 6. The highest BCUT2D eigenvalue weighted by molar-refractivity contribution is 9.11. The number of nitrogens with two attached hydrogens (primary N) is 1. The van der Waals surface area contributed by atoms with E-state index in [2.05, 4.69) is 34.2 Å². The molecular formula is C14H17BrN2OS. The summed E-state index contributed by atoms with van der Waals surface area (Å²) in [5, 5.41) is 3.34. The van der Waals surface area contributed by atoms with Crippen LogP contribution in [0.3, 0.4) is 0 Å². The van der Waals surface area contributed by atoms with E-state index < -0.39 is 0 Å². The van der Waals surface area contributed by atoms with E-state index in [9.17, 15) is 0 Å². The van der Waals surface area contributed by atoms with E-state index in [0.29, 0.717) is 12.3 Å². The molecule has 2 aromatic rings. The number of benzene rings is 1. The second kappa shape index (κ2) is 6.82.